The molecule has 2 aromatic rings. The maximum absolute atomic E-state index is 13.0. The Balaban J connectivity index is 1.60. The van der Waals surface area contributed by atoms with E-state index >= 15 is 0 Å². The summed E-state index contributed by atoms with van der Waals surface area (Å²) in [7, 11) is -3.68. The Bertz CT molecular complexity index is 930. The van der Waals surface area contributed by atoms with Gasteiger partial charge in [0.25, 0.3) is 0 Å². The molecule has 3 rings (SSSR count). The number of benzene rings is 2. The number of hydrogen-bond acceptors (Lipinski definition) is 3. The molecule has 0 aromatic heterocycles. The predicted molar refractivity (Wildman–Crippen MR) is 102 cm³/mol. The van der Waals surface area contributed by atoms with Crippen LogP contribution in [-0.4, -0.2) is 49.7 Å². The molecule has 1 fully saturated rings. The smallest absolute Gasteiger partial charge is 0.246 e. The van der Waals surface area contributed by atoms with Crippen molar-refractivity contribution < 1.29 is 17.6 Å². The lowest BCUT2D eigenvalue weighted by molar-refractivity contribution is -0.127. The second-order valence-electron chi connectivity index (χ2n) is 6.43. The lowest BCUT2D eigenvalue weighted by Gasteiger charge is -2.33. The van der Waals surface area contributed by atoms with Gasteiger partial charge < -0.3 is 4.90 Å². The van der Waals surface area contributed by atoms with Crippen molar-refractivity contribution in [2.45, 2.75) is 11.8 Å². The molecule has 27 heavy (non-hydrogen) atoms. The van der Waals surface area contributed by atoms with Gasteiger partial charge in [-0.05, 0) is 42.8 Å². The Kier molecular flexibility index (Phi) is 5.72. The van der Waals surface area contributed by atoms with Crippen LogP contribution in [0.5, 0.6) is 0 Å². The van der Waals surface area contributed by atoms with E-state index in [4.69, 9.17) is 0 Å². The van der Waals surface area contributed by atoms with Gasteiger partial charge in [0.1, 0.15) is 5.82 Å². The molecule has 0 unspecified atom stereocenters. The molecule has 1 aliphatic heterocycles. The van der Waals surface area contributed by atoms with Crippen molar-refractivity contribution in [3.8, 4) is 0 Å². The molecular weight excluding hydrogens is 367 g/mol. The first-order valence-corrected chi connectivity index (χ1v) is 10.1. The van der Waals surface area contributed by atoms with Gasteiger partial charge >= 0.3 is 0 Å². The monoisotopic (exact) mass is 388 g/mol. The molecule has 7 heteroatoms. The Morgan fingerprint density at radius 2 is 1.56 bits per heavy atom. The van der Waals surface area contributed by atoms with Crippen molar-refractivity contribution in [2.24, 2.45) is 0 Å². The minimum Gasteiger partial charge on any atom is -0.337 e. The molecule has 0 N–H and O–H groups in total. The SMILES string of the molecule is Cc1ccc(/C=C/C(=O)N2CCN(S(=O)(=O)c3ccc(F)cc3)CC2)cc1. The van der Waals surface area contributed by atoms with Crippen molar-refractivity contribution in [2.75, 3.05) is 26.2 Å². The van der Waals surface area contributed by atoms with Crippen LogP contribution in [-0.2, 0) is 14.8 Å². The first-order chi connectivity index (χ1) is 12.9. The highest BCUT2D eigenvalue weighted by Crippen LogP contribution is 2.18. The fraction of sp³-hybridized carbons (Fsp3) is 0.250. The van der Waals surface area contributed by atoms with E-state index in [0.29, 0.717) is 13.1 Å². The maximum atomic E-state index is 13.0. The van der Waals surface area contributed by atoms with E-state index in [9.17, 15) is 17.6 Å². The van der Waals surface area contributed by atoms with Crippen LogP contribution < -0.4 is 0 Å². The van der Waals surface area contributed by atoms with E-state index in [1.807, 2.05) is 31.2 Å². The van der Waals surface area contributed by atoms with Crippen molar-refractivity contribution in [3.63, 3.8) is 0 Å². The van der Waals surface area contributed by atoms with Crippen molar-refractivity contribution in [1.29, 1.82) is 0 Å². The van der Waals surface area contributed by atoms with E-state index in [1.54, 1.807) is 11.0 Å². The summed E-state index contributed by atoms with van der Waals surface area (Å²) in [5.41, 5.74) is 2.09. The van der Waals surface area contributed by atoms with Gasteiger partial charge in [-0.1, -0.05) is 29.8 Å². The van der Waals surface area contributed by atoms with Gasteiger partial charge in [-0.15, -0.1) is 0 Å². The lowest BCUT2D eigenvalue weighted by atomic mass is 10.1. The van der Waals surface area contributed by atoms with Gasteiger partial charge in [0.05, 0.1) is 4.90 Å². The summed E-state index contributed by atoms with van der Waals surface area (Å²) < 4.78 is 39.5. The summed E-state index contributed by atoms with van der Waals surface area (Å²) in [6.07, 6.45) is 3.26. The minimum atomic E-state index is -3.68. The topological polar surface area (TPSA) is 57.7 Å². The number of carbonyl (C=O) groups is 1. The van der Waals surface area contributed by atoms with Gasteiger partial charge in [0.15, 0.2) is 0 Å². The van der Waals surface area contributed by atoms with E-state index in [2.05, 4.69) is 0 Å². The highest BCUT2D eigenvalue weighted by atomic mass is 32.2. The summed E-state index contributed by atoms with van der Waals surface area (Å²) in [5.74, 6) is -0.626. The summed E-state index contributed by atoms with van der Waals surface area (Å²) in [4.78, 5) is 14.0. The van der Waals surface area contributed by atoms with Gasteiger partial charge in [0.2, 0.25) is 15.9 Å². The fourth-order valence-electron chi connectivity index (χ4n) is 2.85. The molecule has 1 amide bonds. The van der Waals surface area contributed by atoms with E-state index < -0.39 is 15.8 Å². The molecule has 0 bridgehead atoms. The summed E-state index contributed by atoms with van der Waals surface area (Å²) in [5, 5.41) is 0. The van der Waals surface area contributed by atoms with Gasteiger partial charge in [-0.25, -0.2) is 12.8 Å². The number of rotatable bonds is 4. The first kappa shape index (κ1) is 19.3. The van der Waals surface area contributed by atoms with E-state index in [1.165, 1.54) is 22.5 Å². The van der Waals surface area contributed by atoms with E-state index in [-0.39, 0.29) is 23.9 Å². The molecule has 0 saturated carbocycles. The first-order valence-electron chi connectivity index (χ1n) is 8.66. The van der Waals surface area contributed by atoms with Crippen LogP contribution in [0.3, 0.4) is 0 Å². The Morgan fingerprint density at radius 1 is 0.963 bits per heavy atom. The molecule has 2 aromatic carbocycles. The number of halogens is 1. The number of carbonyl (C=O) groups excluding carboxylic acids is 1. The fourth-order valence-corrected chi connectivity index (χ4v) is 4.28. The van der Waals surface area contributed by atoms with Crippen LogP contribution in [0.4, 0.5) is 4.39 Å². The van der Waals surface area contributed by atoms with E-state index in [0.717, 1.165) is 23.3 Å². The summed E-state index contributed by atoms with van der Waals surface area (Å²) >= 11 is 0. The molecule has 5 nitrogen and oxygen atoms in total. The summed E-state index contributed by atoms with van der Waals surface area (Å²) in [6.45, 7) is 3.06. The third-order valence-electron chi connectivity index (χ3n) is 4.50. The van der Waals surface area contributed by atoms with Gasteiger partial charge in [-0.2, -0.15) is 4.31 Å². The molecule has 0 aliphatic carbocycles. The number of amides is 1. The van der Waals surface area contributed by atoms with Crippen molar-refractivity contribution >= 4 is 22.0 Å². The van der Waals surface area contributed by atoms with Crippen LogP contribution in [0.1, 0.15) is 11.1 Å². The number of aryl methyl sites for hydroxylation is 1. The zero-order valence-electron chi connectivity index (χ0n) is 15.0. The molecule has 0 radical (unpaired) electrons. The standard InChI is InChI=1S/C20H21FN2O3S/c1-16-2-4-17(5-3-16)6-11-20(24)22-12-14-23(15-13-22)27(25,26)19-9-7-18(21)8-10-19/h2-11H,12-15H2,1H3/b11-6+. The zero-order chi connectivity index (χ0) is 19.4. The number of hydrogen-bond donors (Lipinski definition) is 0. The average Bonchev–Trinajstić information content (AvgIpc) is 2.68. The molecular formula is C20H21FN2O3S. The van der Waals surface area contributed by atoms with Crippen LogP contribution in [0, 0.1) is 12.7 Å². The molecule has 0 atom stereocenters. The molecule has 142 valence electrons. The van der Waals surface area contributed by atoms with Gasteiger partial charge in [-0.3, -0.25) is 4.79 Å². The zero-order valence-corrected chi connectivity index (χ0v) is 15.8. The Hall–Kier alpha value is -2.51. The molecule has 0 spiro atoms. The number of nitrogens with zero attached hydrogens (tertiary/aromatic N) is 2. The van der Waals surface area contributed by atoms with Crippen LogP contribution in [0.25, 0.3) is 6.08 Å². The molecule has 1 heterocycles. The Labute approximate surface area is 158 Å². The third-order valence-corrected chi connectivity index (χ3v) is 6.41. The second kappa shape index (κ2) is 8.02. The molecule has 1 saturated heterocycles. The summed E-state index contributed by atoms with van der Waals surface area (Å²) in [6, 6.07) is 12.6. The Morgan fingerprint density at radius 3 is 2.15 bits per heavy atom. The second-order valence-corrected chi connectivity index (χ2v) is 8.37. The highest BCUT2D eigenvalue weighted by molar-refractivity contribution is 7.89. The predicted octanol–water partition coefficient (Wildman–Crippen LogP) is 2.68. The largest absolute Gasteiger partial charge is 0.337 e. The average molecular weight is 388 g/mol. The number of piperazine rings is 1. The van der Waals surface area contributed by atoms with Crippen LogP contribution in [0.2, 0.25) is 0 Å². The normalized spacial score (nSPS) is 16.0. The maximum Gasteiger partial charge on any atom is 0.246 e. The minimum absolute atomic E-state index is 0.0583. The molecule has 1 aliphatic rings. The highest BCUT2D eigenvalue weighted by Gasteiger charge is 2.29. The van der Waals surface area contributed by atoms with Crippen molar-refractivity contribution in [1.82, 2.24) is 9.21 Å². The van der Waals surface area contributed by atoms with Crippen LogP contribution >= 0.6 is 0 Å². The van der Waals surface area contributed by atoms with Gasteiger partial charge in [0, 0.05) is 32.3 Å². The third kappa shape index (κ3) is 4.61. The van der Waals surface area contributed by atoms with Crippen LogP contribution in [0.15, 0.2) is 59.5 Å². The van der Waals surface area contributed by atoms with Crippen molar-refractivity contribution in [3.05, 3.63) is 71.6 Å². The number of sulfonamides is 1. The quantitative estimate of drug-likeness (QED) is 0.757. The lowest BCUT2D eigenvalue weighted by Crippen LogP contribution is -2.50.